The van der Waals surface area contributed by atoms with Crippen molar-refractivity contribution in [2.75, 3.05) is 43.8 Å². The molecule has 1 aliphatic heterocycles. The molecule has 1 amide bonds. The molecule has 146 valence electrons. The highest BCUT2D eigenvalue weighted by Gasteiger charge is 2.25. The van der Waals surface area contributed by atoms with Gasteiger partial charge in [0.1, 0.15) is 32.7 Å². The van der Waals surface area contributed by atoms with Crippen LogP contribution in [-0.4, -0.2) is 44.4 Å². The van der Waals surface area contributed by atoms with Crippen molar-refractivity contribution in [2.24, 2.45) is 0 Å². The summed E-state index contributed by atoms with van der Waals surface area (Å²) in [5, 5.41) is 11.8. The predicted molar refractivity (Wildman–Crippen MR) is 113 cm³/mol. The molecule has 6 heteroatoms. The second kappa shape index (κ2) is 10.3. The van der Waals surface area contributed by atoms with E-state index >= 15 is 0 Å². The topological polar surface area (TPSA) is 61.8 Å². The van der Waals surface area contributed by atoms with Crippen LogP contribution in [0.15, 0.2) is 53.4 Å². The van der Waals surface area contributed by atoms with Gasteiger partial charge in [0.25, 0.3) is 5.91 Å². The third-order valence-corrected chi connectivity index (χ3v) is 6.01. The van der Waals surface area contributed by atoms with Crippen LogP contribution in [0, 0.1) is 18.3 Å². The maximum atomic E-state index is 12.5. The Morgan fingerprint density at radius 3 is 2.61 bits per heavy atom. The van der Waals surface area contributed by atoms with E-state index < -0.39 is 0 Å². The van der Waals surface area contributed by atoms with Crippen molar-refractivity contribution in [2.45, 2.75) is 18.4 Å². The number of nitriles is 1. The number of amides is 1. The number of nitrogens with one attached hydrogen (secondary N) is 3. The van der Waals surface area contributed by atoms with Crippen molar-refractivity contribution in [1.29, 1.82) is 5.26 Å². The van der Waals surface area contributed by atoms with E-state index in [-0.39, 0.29) is 5.91 Å². The number of benzene rings is 2. The first kappa shape index (κ1) is 20.4. The van der Waals surface area contributed by atoms with Crippen molar-refractivity contribution in [3.05, 3.63) is 59.7 Å². The number of anilines is 1. The van der Waals surface area contributed by atoms with Crippen LogP contribution in [-0.2, 0) is 11.3 Å². The standard InChI is InChI=1S/C22H26N4OS/c1-18-5-4-6-19(15-18)16-25-10-12-26(13-11-25)17-22(27)24-20-7-2-3-8-21(20)28-14-9-23/h2-8,15H,10-14,16-17H2,1H3,(H,24,27)/p+2. The fourth-order valence-electron chi connectivity index (χ4n) is 3.65. The Morgan fingerprint density at radius 2 is 1.86 bits per heavy atom. The number of quaternary nitrogens is 2. The smallest absolute Gasteiger partial charge is 0.279 e. The molecule has 0 unspecified atom stereocenters. The Labute approximate surface area is 171 Å². The summed E-state index contributed by atoms with van der Waals surface area (Å²) in [7, 11) is 0. The number of hydrogen-bond acceptors (Lipinski definition) is 3. The zero-order chi connectivity index (χ0) is 19.8. The number of thioether (sulfide) groups is 1. The summed E-state index contributed by atoms with van der Waals surface area (Å²) in [6.45, 7) is 7.89. The Bertz CT molecular complexity index is 840. The minimum atomic E-state index is 0.0436. The second-order valence-corrected chi connectivity index (χ2v) is 8.35. The molecule has 3 N–H and O–H groups in total. The zero-order valence-corrected chi connectivity index (χ0v) is 17.1. The van der Waals surface area contributed by atoms with Crippen LogP contribution in [0.1, 0.15) is 11.1 Å². The average Bonchev–Trinajstić information content (AvgIpc) is 2.69. The van der Waals surface area contributed by atoms with Crippen LogP contribution < -0.4 is 15.1 Å². The van der Waals surface area contributed by atoms with Gasteiger partial charge in [0, 0.05) is 10.5 Å². The van der Waals surface area contributed by atoms with E-state index in [1.165, 1.54) is 27.8 Å². The highest BCUT2D eigenvalue weighted by Crippen LogP contribution is 2.26. The quantitative estimate of drug-likeness (QED) is 0.599. The molecule has 0 atom stereocenters. The predicted octanol–water partition coefficient (Wildman–Crippen LogP) is 0.533. The van der Waals surface area contributed by atoms with Gasteiger partial charge in [-0.05, 0) is 19.1 Å². The van der Waals surface area contributed by atoms with Crippen LogP contribution in [0.3, 0.4) is 0 Å². The van der Waals surface area contributed by atoms with Crippen molar-refractivity contribution in [3.63, 3.8) is 0 Å². The minimum Gasteiger partial charge on any atom is -0.322 e. The number of aryl methyl sites for hydroxylation is 1. The number of nitrogens with zero attached hydrogens (tertiary/aromatic N) is 1. The molecule has 5 nitrogen and oxygen atoms in total. The van der Waals surface area contributed by atoms with Gasteiger partial charge in [-0.15, -0.1) is 11.8 Å². The molecular weight excluding hydrogens is 368 g/mol. The molecule has 1 saturated heterocycles. The van der Waals surface area contributed by atoms with Gasteiger partial charge in [-0.25, -0.2) is 0 Å². The lowest BCUT2D eigenvalue weighted by Gasteiger charge is -2.29. The number of carbonyl (C=O) groups is 1. The van der Waals surface area contributed by atoms with Gasteiger partial charge in [0.2, 0.25) is 0 Å². The van der Waals surface area contributed by atoms with E-state index in [1.54, 1.807) is 4.90 Å². The normalized spacial score (nSPS) is 19.0. The Kier molecular flexibility index (Phi) is 7.49. The summed E-state index contributed by atoms with van der Waals surface area (Å²) in [4.78, 5) is 16.4. The molecule has 1 heterocycles. The Balaban J connectivity index is 1.46. The Morgan fingerprint density at radius 1 is 1.11 bits per heavy atom. The highest BCUT2D eigenvalue weighted by molar-refractivity contribution is 7.99. The lowest BCUT2D eigenvalue weighted by atomic mass is 10.1. The van der Waals surface area contributed by atoms with E-state index in [2.05, 4.69) is 42.6 Å². The monoisotopic (exact) mass is 396 g/mol. The number of rotatable bonds is 7. The minimum absolute atomic E-state index is 0.0436. The SMILES string of the molecule is Cc1cccc(C[NH+]2CC[NH+](CC(=O)Nc3ccccc3SCC#N)CC2)c1. The molecule has 0 radical (unpaired) electrons. The van der Waals surface area contributed by atoms with Gasteiger partial charge in [0.05, 0.1) is 17.5 Å². The van der Waals surface area contributed by atoms with E-state index in [4.69, 9.17) is 5.26 Å². The van der Waals surface area contributed by atoms with E-state index in [0.29, 0.717) is 12.3 Å². The van der Waals surface area contributed by atoms with Crippen molar-refractivity contribution >= 4 is 23.4 Å². The molecule has 0 saturated carbocycles. The number of carbonyl (C=O) groups excluding carboxylic acids is 1. The maximum Gasteiger partial charge on any atom is 0.279 e. The van der Waals surface area contributed by atoms with Gasteiger partial charge in [-0.3, -0.25) is 4.79 Å². The van der Waals surface area contributed by atoms with Crippen molar-refractivity contribution < 1.29 is 14.6 Å². The maximum absolute atomic E-state index is 12.5. The largest absolute Gasteiger partial charge is 0.322 e. The van der Waals surface area contributed by atoms with E-state index in [9.17, 15) is 4.79 Å². The van der Waals surface area contributed by atoms with Crippen LogP contribution >= 0.6 is 11.8 Å². The molecule has 0 aromatic heterocycles. The first-order valence-corrected chi connectivity index (χ1v) is 10.7. The van der Waals surface area contributed by atoms with Gasteiger partial charge in [-0.1, -0.05) is 42.0 Å². The molecule has 0 spiro atoms. The molecular formula is C22H28N4OS+2. The zero-order valence-electron chi connectivity index (χ0n) is 16.3. The number of para-hydroxylation sites is 1. The van der Waals surface area contributed by atoms with Gasteiger partial charge in [0.15, 0.2) is 6.54 Å². The molecule has 3 rings (SSSR count). The summed E-state index contributed by atoms with van der Waals surface area (Å²) < 4.78 is 0. The van der Waals surface area contributed by atoms with Gasteiger partial charge in [-0.2, -0.15) is 5.26 Å². The fraction of sp³-hybridized carbons (Fsp3) is 0.364. The first-order chi connectivity index (χ1) is 13.6. The molecule has 2 aromatic rings. The van der Waals surface area contributed by atoms with E-state index in [0.717, 1.165) is 43.3 Å². The molecule has 2 aromatic carbocycles. The summed E-state index contributed by atoms with van der Waals surface area (Å²) in [6.07, 6.45) is 0. The molecule has 28 heavy (non-hydrogen) atoms. The van der Waals surface area contributed by atoms with Gasteiger partial charge < -0.3 is 15.1 Å². The summed E-state index contributed by atoms with van der Waals surface area (Å²) in [5.74, 6) is 0.422. The second-order valence-electron chi connectivity index (χ2n) is 7.33. The Hall–Kier alpha value is -2.33. The molecule has 1 fully saturated rings. The van der Waals surface area contributed by atoms with Crippen LogP contribution in [0.25, 0.3) is 0 Å². The number of hydrogen-bond donors (Lipinski definition) is 3. The van der Waals surface area contributed by atoms with Crippen LogP contribution in [0.4, 0.5) is 5.69 Å². The fourth-order valence-corrected chi connectivity index (χ4v) is 4.32. The average molecular weight is 397 g/mol. The van der Waals surface area contributed by atoms with Crippen LogP contribution in [0.2, 0.25) is 0 Å². The highest BCUT2D eigenvalue weighted by atomic mass is 32.2. The van der Waals surface area contributed by atoms with E-state index in [1.807, 2.05) is 24.3 Å². The lowest BCUT2D eigenvalue weighted by Crippen LogP contribution is -3.28. The van der Waals surface area contributed by atoms with Crippen LogP contribution in [0.5, 0.6) is 0 Å². The lowest BCUT2D eigenvalue weighted by molar-refractivity contribution is -1.02. The summed E-state index contributed by atoms with van der Waals surface area (Å²) in [6, 6.07) is 18.5. The third-order valence-electron chi connectivity index (χ3n) is 5.06. The van der Waals surface area contributed by atoms with Crippen molar-refractivity contribution in [3.8, 4) is 6.07 Å². The van der Waals surface area contributed by atoms with Crippen molar-refractivity contribution in [1.82, 2.24) is 0 Å². The molecule has 0 bridgehead atoms. The van der Waals surface area contributed by atoms with Gasteiger partial charge >= 0.3 is 0 Å². The third kappa shape index (κ3) is 6.10. The summed E-state index contributed by atoms with van der Waals surface area (Å²) in [5.41, 5.74) is 3.50. The summed E-state index contributed by atoms with van der Waals surface area (Å²) >= 11 is 1.45. The molecule has 0 aliphatic carbocycles. The first-order valence-electron chi connectivity index (χ1n) is 9.75. The number of piperazine rings is 1. The molecule has 1 aliphatic rings.